The molecule has 2 N–H and O–H groups in total. The molecular weight excluding hydrogens is 509 g/mol. The summed E-state index contributed by atoms with van der Waals surface area (Å²) in [4.78, 5) is 29.7. The average molecular weight is 547 g/mol. The van der Waals surface area contributed by atoms with E-state index in [1.54, 1.807) is 37.4 Å². The molecule has 206 valence electrons. The average Bonchev–Trinajstić information content (AvgIpc) is 3.28. The van der Waals surface area contributed by atoms with Gasteiger partial charge < -0.3 is 24.2 Å². The molecule has 2 aromatic rings. The zero-order valence-electron chi connectivity index (χ0n) is 23.4. The third-order valence-corrected chi connectivity index (χ3v) is 8.10. The van der Waals surface area contributed by atoms with E-state index in [4.69, 9.17) is 20.5 Å². The second kappa shape index (κ2) is 13.9. The molecule has 12 heteroatoms. The number of aliphatic hydroxyl groups is 1. The van der Waals surface area contributed by atoms with Gasteiger partial charge in [0.05, 0.1) is 31.8 Å². The lowest BCUT2D eigenvalue weighted by Gasteiger charge is -2.37. The van der Waals surface area contributed by atoms with Crippen molar-refractivity contribution >= 4 is 20.3 Å². The third kappa shape index (κ3) is 7.44. The molecule has 1 aliphatic heterocycles. The van der Waals surface area contributed by atoms with Crippen LogP contribution >= 0.6 is 8.53 Å². The largest absolute Gasteiger partial charge is 0.394 e. The summed E-state index contributed by atoms with van der Waals surface area (Å²) in [5.74, 6) is -0.202. The summed E-state index contributed by atoms with van der Waals surface area (Å²) >= 11 is 0. The van der Waals surface area contributed by atoms with Crippen molar-refractivity contribution in [1.82, 2.24) is 14.2 Å². The van der Waals surface area contributed by atoms with E-state index in [1.165, 1.54) is 4.57 Å². The van der Waals surface area contributed by atoms with Crippen molar-refractivity contribution in [1.29, 1.82) is 6.69 Å². The number of carbonyl (C=O) groups is 1. The number of nitrogens with zero attached hydrogens (tertiary/aromatic N) is 4. The first-order valence-corrected chi connectivity index (χ1v) is 13.7. The number of benzene rings is 1. The lowest BCUT2D eigenvalue weighted by molar-refractivity contribution is -0.0439. The Hall–Kier alpha value is -2.71. The molecule has 1 amide bonds. The van der Waals surface area contributed by atoms with Gasteiger partial charge in [-0.1, -0.05) is 18.2 Å². The SMILES string of the molecule is [2H]OC[C@H]1O[C@@H](n2cc(C)c(NC(=O)c3ccccc3)nc2=O)CC1OP(OCCC#N)N(C(C)C)C(C)C. The molecule has 38 heavy (non-hydrogen) atoms. The van der Waals surface area contributed by atoms with Crippen LogP contribution in [0.4, 0.5) is 5.82 Å². The number of amides is 1. The van der Waals surface area contributed by atoms with Crippen LogP contribution in [0.25, 0.3) is 0 Å². The predicted molar refractivity (Wildman–Crippen MR) is 143 cm³/mol. The molecule has 0 bridgehead atoms. The van der Waals surface area contributed by atoms with Gasteiger partial charge in [-0.15, -0.1) is 0 Å². The molecule has 4 atom stereocenters. The van der Waals surface area contributed by atoms with Crippen LogP contribution in [-0.2, 0) is 13.8 Å². The molecule has 0 aliphatic carbocycles. The zero-order chi connectivity index (χ0) is 28.5. The molecule has 1 fully saturated rings. The van der Waals surface area contributed by atoms with Crippen LogP contribution in [0.15, 0.2) is 41.3 Å². The van der Waals surface area contributed by atoms with E-state index in [1.807, 2.05) is 33.8 Å². The lowest BCUT2D eigenvalue weighted by atomic mass is 10.2. The molecule has 1 aliphatic rings. The van der Waals surface area contributed by atoms with E-state index in [-0.39, 0.29) is 49.9 Å². The zero-order valence-corrected chi connectivity index (χ0v) is 23.3. The van der Waals surface area contributed by atoms with Gasteiger partial charge in [-0.25, -0.2) is 9.46 Å². The molecule has 0 spiro atoms. The van der Waals surface area contributed by atoms with Crippen LogP contribution < -0.4 is 11.0 Å². The third-order valence-electron chi connectivity index (χ3n) is 5.95. The molecule has 0 radical (unpaired) electrons. The lowest BCUT2D eigenvalue weighted by Crippen LogP contribution is -2.36. The van der Waals surface area contributed by atoms with E-state index in [9.17, 15) is 9.59 Å². The molecular formula is C26H36N5O6P. The number of nitrogens with one attached hydrogen (secondary N) is 1. The van der Waals surface area contributed by atoms with Crippen molar-refractivity contribution < 1.29 is 23.7 Å². The number of rotatable bonds is 13. The number of anilines is 1. The first kappa shape index (κ1) is 28.3. The number of ether oxygens (including phenoxy) is 1. The summed E-state index contributed by atoms with van der Waals surface area (Å²) in [7, 11) is -1.57. The maximum atomic E-state index is 13.0. The van der Waals surface area contributed by atoms with Gasteiger partial charge in [0.15, 0.2) is 0 Å². The van der Waals surface area contributed by atoms with Crippen molar-refractivity contribution in [3.8, 4) is 6.07 Å². The smallest absolute Gasteiger partial charge is 0.351 e. The summed E-state index contributed by atoms with van der Waals surface area (Å²) in [6.45, 7) is 10.0. The van der Waals surface area contributed by atoms with Crippen LogP contribution in [0.1, 0.15) is 62.7 Å². The van der Waals surface area contributed by atoms with Gasteiger partial charge in [-0.3, -0.25) is 9.36 Å². The highest BCUT2D eigenvalue weighted by atomic mass is 31.2. The summed E-state index contributed by atoms with van der Waals surface area (Å²) in [5, 5.41) is 16.3. The molecule has 1 saturated heterocycles. The Kier molecular flexibility index (Phi) is 10.4. The van der Waals surface area contributed by atoms with Crippen molar-refractivity contribution in [3.63, 3.8) is 0 Å². The van der Waals surface area contributed by atoms with E-state index >= 15 is 0 Å². The summed E-state index contributed by atoms with van der Waals surface area (Å²) in [5.41, 5.74) is 0.428. The highest BCUT2D eigenvalue weighted by Gasteiger charge is 2.41. The number of hydrogen-bond donors (Lipinski definition) is 2. The van der Waals surface area contributed by atoms with Crippen LogP contribution in [0, 0.1) is 18.3 Å². The van der Waals surface area contributed by atoms with Crippen LogP contribution in [0.2, 0.25) is 0 Å². The van der Waals surface area contributed by atoms with Crippen molar-refractivity contribution in [2.75, 3.05) is 18.5 Å². The molecule has 2 unspecified atom stereocenters. The van der Waals surface area contributed by atoms with Gasteiger partial charge in [-0.05, 0) is 46.8 Å². The number of aliphatic hydroxyl groups excluding tert-OH is 1. The first-order valence-electron chi connectivity index (χ1n) is 13.0. The second-order valence-corrected chi connectivity index (χ2v) is 10.9. The highest BCUT2D eigenvalue weighted by Crippen LogP contribution is 2.49. The number of carbonyl (C=O) groups excluding carboxylic acids is 1. The van der Waals surface area contributed by atoms with E-state index in [0.29, 0.717) is 11.1 Å². The van der Waals surface area contributed by atoms with Crippen molar-refractivity contribution in [2.45, 2.75) is 78.0 Å². The minimum Gasteiger partial charge on any atom is -0.394 e. The van der Waals surface area contributed by atoms with Crippen LogP contribution in [0.5, 0.6) is 0 Å². The first-order chi connectivity index (χ1) is 18.7. The quantitative estimate of drug-likeness (QED) is 0.284. The Morgan fingerprint density at radius 1 is 1.37 bits per heavy atom. The van der Waals surface area contributed by atoms with Gasteiger partial charge in [0, 0.05) is 35.8 Å². The van der Waals surface area contributed by atoms with Gasteiger partial charge in [0.25, 0.3) is 14.4 Å². The molecule has 1 aromatic carbocycles. The minimum absolute atomic E-state index is 0.0712. The normalized spacial score (nSPS) is 20.5. The Balaban J connectivity index is 1.81. The van der Waals surface area contributed by atoms with Gasteiger partial charge in [0.1, 0.15) is 18.1 Å². The Morgan fingerprint density at radius 3 is 2.71 bits per heavy atom. The molecule has 11 nitrogen and oxygen atoms in total. The van der Waals surface area contributed by atoms with E-state index in [0.717, 1.165) is 0 Å². The Morgan fingerprint density at radius 2 is 2.08 bits per heavy atom. The maximum absolute atomic E-state index is 13.0. The number of hydrogen-bond acceptors (Lipinski definition) is 9. The van der Waals surface area contributed by atoms with E-state index in [2.05, 4.69) is 26.1 Å². The summed E-state index contributed by atoms with van der Waals surface area (Å²) in [6, 6.07) is 11.0. The maximum Gasteiger partial charge on any atom is 0.351 e. The topological polar surface area (TPSA) is 139 Å². The molecule has 3 rings (SSSR count). The van der Waals surface area contributed by atoms with Crippen molar-refractivity contribution in [2.24, 2.45) is 0 Å². The number of aromatic nitrogens is 2. The summed E-state index contributed by atoms with van der Waals surface area (Å²) in [6.07, 6.45) is 0.191. The fourth-order valence-electron chi connectivity index (χ4n) is 4.21. The van der Waals surface area contributed by atoms with Crippen LogP contribution in [-0.4, -0.2) is 64.2 Å². The minimum atomic E-state index is -1.57. The van der Waals surface area contributed by atoms with Gasteiger partial charge in [0.2, 0.25) is 1.43 Å². The van der Waals surface area contributed by atoms with Gasteiger partial charge >= 0.3 is 5.69 Å². The van der Waals surface area contributed by atoms with Crippen LogP contribution in [0.3, 0.4) is 0 Å². The van der Waals surface area contributed by atoms with Crippen molar-refractivity contribution in [3.05, 3.63) is 58.1 Å². The van der Waals surface area contributed by atoms with E-state index < -0.39 is 32.7 Å². The predicted octanol–water partition coefficient (Wildman–Crippen LogP) is 3.75. The molecule has 0 saturated carbocycles. The molecule has 2 heterocycles. The summed E-state index contributed by atoms with van der Waals surface area (Å²) < 4.78 is 29.3. The second-order valence-electron chi connectivity index (χ2n) is 9.50. The highest BCUT2D eigenvalue weighted by molar-refractivity contribution is 7.44. The Bertz CT molecular complexity index is 1180. The van der Waals surface area contributed by atoms with Gasteiger partial charge in [-0.2, -0.15) is 10.2 Å². The number of nitriles is 1. The number of aryl methyl sites for hydroxylation is 1. The standard InChI is InChI=1S/C26H36N5O6P/c1-17(2)31(18(3)4)38(35-13-9-12-27)37-21-14-23(36-22(21)16-32)30-15-19(5)24(29-26(30)34)28-25(33)20-10-7-6-8-11-20/h6-8,10-11,15,17-18,21-23,32H,9,13-14,16H2,1-5H3,(H,28,29,33,34)/t21?,22-,23-,38?/m1/s1/i32D. The molecule has 1 aromatic heterocycles. The monoisotopic (exact) mass is 546 g/mol. The fourth-order valence-corrected chi connectivity index (χ4v) is 5.97. The fraction of sp³-hybridized carbons (Fsp3) is 0.538. The Labute approximate surface area is 225 Å².